The molecule has 2 heterocycles. The molecule has 30 heavy (non-hydrogen) atoms. The number of benzene rings is 1. The van der Waals surface area contributed by atoms with Crippen LogP contribution in [0.2, 0.25) is 0 Å². The van der Waals surface area contributed by atoms with Gasteiger partial charge in [-0.3, -0.25) is 9.13 Å². The zero-order valence-corrected chi connectivity index (χ0v) is 18.4. The van der Waals surface area contributed by atoms with Crippen LogP contribution in [0.25, 0.3) is 11.0 Å². The molecule has 3 aliphatic rings. The lowest BCUT2D eigenvalue weighted by atomic mass is 9.55. The Labute approximate surface area is 179 Å². The first-order chi connectivity index (χ1) is 14.7. The van der Waals surface area contributed by atoms with Gasteiger partial charge in [-0.15, -0.1) is 0 Å². The maximum atomic E-state index is 13.2. The van der Waals surface area contributed by atoms with Crippen LogP contribution in [0.15, 0.2) is 29.1 Å². The van der Waals surface area contributed by atoms with Crippen molar-refractivity contribution in [3.05, 3.63) is 34.7 Å². The summed E-state index contributed by atoms with van der Waals surface area (Å²) in [5.41, 5.74) is 2.74. The quantitative estimate of drug-likeness (QED) is 0.808. The third-order valence-corrected chi connectivity index (χ3v) is 8.70. The van der Waals surface area contributed by atoms with Crippen LogP contribution in [0.3, 0.4) is 0 Å². The predicted octanol–water partition coefficient (Wildman–Crippen LogP) is 4.04. The molecule has 1 N–H and O–H groups in total. The van der Waals surface area contributed by atoms with Gasteiger partial charge in [-0.05, 0) is 62.5 Å². The molecule has 1 saturated heterocycles. The SMILES string of the molecule is CCn1c(=O)n([C@@H]2CCN(CC3CCCCC34CCC4)C[C@H]2CO)c2ccccc21. The average molecular weight is 412 g/mol. The van der Waals surface area contributed by atoms with Crippen molar-refractivity contribution in [2.45, 2.75) is 70.9 Å². The van der Waals surface area contributed by atoms with Gasteiger partial charge in [0.25, 0.3) is 0 Å². The van der Waals surface area contributed by atoms with E-state index in [1.807, 2.05) is 34.3 Å². The van der Waals surface area contributed by atoms with Crippen molar-refractivity contribution in [2.75, 3.05) is 26.2 Å². The molecule has 2 saturated carbocycles. The highest BCUT2D eigenvalue weighted by Gasteiger charge is 2.46. The van der Waals surface area contributed by atoms with Crippen LogP contribution >= 0.6 is 0 Å². The number of aliphatic hydroxyl groups is 1. The number of likely N-dealkylation sites (tertiary alicyclic amines) is 1. The van der Waals surface area contributed by atoms with Crippen LogP contribution in [0.1, 0.15) is 64.3 Å². The zero-order chi connectivity index (χ0) is 20.7. The van der Waals surface area contributed by atoms with E-state index in [-0.39, 0.29) is 24.3 Å². The Bertz CT molecular complexity index is 942. The molecule has 5 nitrogen and oxygen atoms in total. The number of rotatable bonds is 5. The highest BCUT2D eigenvalue weighted by Crippen LogP contribution is 2.55. The number of hydrogen-bond acceptors (Lipinski definition) is 3. The minimum atomic E-state index is 0.0799. The molecule has 1 unspecified atom stereocenters. The second kappa shape index (κ2) is 8.16. The molecule has 1 aromatic heterocycles. The lowest BCUT2D eigenvalue weighted by Crippen LogP contribution is -2.50. The first-order valence-electron chi connectivity index (χ1n) is 12.2. The van der Waals surface area contributed by atoms with Crippen LogP contribution < -0.4 is 5.69 Å². The van der Waals surface area contributed by atoms with Crippen LogP contribution in [-0.4, -0.2) is 45.4 Å². The van der Waals surface area contributed by atoms with Crippen molar-refractivity contribution >= 4 is 11.0 Å². The van der Waals surface area contributed by atoms with Gasteiger partial charge in [-0.25, -0.2) is 4.79 Å². The van der Waals surface area contributed by atoms with E-state index < -0.39 is 0 Å². The van der Waals surface area contributed by atoms with Crippen LogP contribution in [0.4, 0.5) is 0 Å². The number of nitrogens with zero attached hydrogens (tertiary/aromatic N) is 3. The second-order valence-corrected chi connectivity index (χ2v) is 10.1. The molecule has 5 heteroatoms. The summed E-state index contributed by atoms with van der Waals surface area (Å²) < 4.78 is 3.86. The fraction of sp³-hybridized carbons (Fsp3) is 0.720. The van der Waals surface area contributed by atoms with E-state index in [4.69, 9.17) is 0 Å². The van der Waals surface area contributed by atoms with Gasteiger partial charge in [0, 0.05) is 44.7 Å². The van der Waals surface area contributed by atoms with Gasteiger partial charge in [0.2, 0.25) is 0 Å². The topological polar surface area (TPSA) is 50.4 Å². The molecule has 0 radical (unpaired) electrons. The maximum Gasteiger partial charge on any atom is 0.329 e. The van der Waals surface area contributed by atoms with Gasteiger partial charge in [0.05, 0.1) is 11.0 Å². The molecule has 2 aliphatic carbocycles. The summed E-state index contributed by atoms with van der Waals surface area (Å²) in [5, 5.41) is 10.3. The molecule has 0 bridgehead atoms. The van der Waals surface area contributed by atoms with Crippen LogP contribution in [0, 0.1) is 17.3 Å². The number of piperidine rings is 1. The van der Waals surface area contributed by atoms with Gasteiger partial charge in [0.15, 0.2) is 0 Å². The molecule has 3 atom stereocenters. The summed E-state index contributed by atoms with van der Waals surface area (Å²) >= 11 is 0. The summed E-state index contributed by atoms with van der Waals surface area (Å²) in [7, 11) is 0. The van der Waals surface area contributed by atoms with Crippen molar-refractivity contribution in [1.82, 2.24) is 14.0 Å². The highest BCUT2D eigenvalue weighted by atomic mass is 16.3. The van der Waals surface area contributed by atoms with Crippen LogP contribution in [0.5, 0.6) is 0 Å². The lowest BCUT2D eigenvalue weighted by Gasteiger charge is -2.53. The average Bonchev–Trinajstić information content (AvgIpc) is 3.04. The van der Waals surface area contributed by atoms with Crippen molar-refractivity contribution in [3.63, 3.8) is 0 Å². The highest BCUT2D eigenvalue weighted by molar-refractivity contribution is 5.76. The van der Waals surface area contributed by atoms with Crippen molar-refractivity contribution in [1.29, 1.82) is 0 Å². The number of aromatic nitrogens is 2. The molecule has 1 aromatic carbocycles. The van der Waals surface area contributed by atoms with Gasteiger partial charge < -0.3 is 10.0 Å². The fourth-order valence-electron chi connectivity index (χ4n) is 6.90. The van der Waals surface area contributed by atoms with Crippen molar-refractivity contribution in [3.8, 4) is 0 Å². The third-order valence-electron chi connectivity index (χ3n) is 8.70. The summed E-state index contributed by atoms with van der Waals surface area (Å²) in [6.45, 7) is 5.99. The summed E-state index contributed by atoms with van der Waals surface area (Å²) in [6, 6.07) is 8.21. The molecule has 3 fully saturated rings. The Kier molecular flexibility index (Phi) is 5.53. The lowest BCUT2D eigenvalue weighted by molar-refractivity contribution is -0.0253. The fourth-order valence-corrected chi connectivity index (χ4v) is 6.90. The smallest absolute Gasteiger partial charge is 0.329 e. The number of imidazole rings is 1. The van der Waals surface area contributed by atoms with E-state index in [2.05, 4.69) is 11.0 Å². The number of fused-ring (bicyclic) bond motifs is 1. The summed E-state index contributed by atoms with van der Waals surface area (Å²) in [4.78, 5) is 15.8. The standard InChI is InChI=1S/C25H37N3O2/c1-2-27-22-9-3-4-10-23(22)28(24(27)30)21-11-15-26(16-19(21)18-29)17-20-8-5-6-12-25(20)13-7-14-25/h3-4,9-10,19-21,29H,2,5-8,11-18H2,1H3/t19-,20?,21+/m0/s1. The van der Waals surface area contributed by atoms with E-state index in [9.17, 15) is 9.90 Å². The first kappa shape index (κ1) is 20.3. The van der Waals surface area contributed by atoms with E-state index in [0.717, 1.165) is 36.5 Å². The van der Waals surface area contributed by atoms with E-state index in [0.29, 0.717) is 12.0 Å². The molecule has 1 aliphatic heterocycles. The van der Waals surface area contributed by atoms with E-state index in [1.54, 1.807) is 0 Å². The van der Waals surface area contributed by atoms with Gasteiger partial charge in [-0.2, -0.15) is 0 Å². The Morgan fingerprint density at radius 2 is 1.83 bits per heavy atom. The molecule has 2 aromatic rings. The van der Waals surface area contributed by atoms with E-state index in [1.165, 1.54) is 51.5 Å². The number of aliphatic hydroxyl groups excluding tert-OH is 1. The van der Waals surface area contributed by atoms with Crippen LogP contribution in [-0.2, 0) is 6.54 Å². The Morgan fingerprint density at radius 3 is 2.53 bits per heavy atom. The van der Waals surface area contributed by atoms with Crippen molar-refractivity contribution in [2.24, 2.45) is 17.3 Å². The molecule has 5 rings (SSSR count). The molecule has 0 amide bonds. The van der Waals surface area contributed by atoms with Gasteiger partial charge >= 0.3 is 5.69 Å². The predicted molar refractivity (Wildman–Crippen MR) is 121 cm³/mol. The Morgan fingerprint density at radius 1 is 1.07 bits per heavy atom. The molecule has 164 valence electrons. The Balaban J connectivity index is 1.37. The minimum absolute atomic E-state index is 0.0799. The normalized spacial score (nSPS) is 29.3. The summed E-state index contributed by atoms with van der Waals surface area (Å²) in [5.74, 6) is 0.953. The van der Waals surface area contributed by atoms with Crippen molar-refractivity contribution < 1.29 is 5.11 Å². The number of hydrogen-bond donors (Lipinski definition) is 1. The number of aryl methyl sites for hydroxylation is 1. The zero-order valence-electron chi connectivity index (χ0n) is 18.4. The van der Waals surface area contributed by atoms with Gasteiger partial charge in [0.1, 0.15) is 0 Å². The molecular weight excluding hydrogens is 374 g/mol. The molecule has 1 spiro atoms. The maximum absolute atomic E-state index is 13.2. The van der Waals surface area contributed by atoms with Gasteiger partial charge in [-0.1, -0.05) is 31.4 Å². The number of para-hydroxylation sites is 2. The molecular formula is C25H37N3O2. The second-order valence-electron chi connectivity index (χ2n) is 10.1. The minimum Gasteiger partial charge on any atom is -0.396 e. The Hall–Kier alpha value is -1.59. The first-order valence-corrected chi connectivity index (χ1v) is 12.2. The summed E-state index contributed by atoms with van der Waals surface area (Å²) in [6.07, 6.45) is 10.9. The largest absolute Gasteiger partial charge is 0.396 e. The van der Waals surface area contributed by atoms with E-state index >= 15 is 0 Å². The third kappa shape index (κ3) is 3.25. The monoisotopic (exact) mass is 411 g/mol.